The highest BCUT2D eigenvalue weighted by molar-refractivity contribution is 7.89. The second-order valence-corrected chi connectivity index (χ2v) is 7.68. The third-order valence-corrected chi connectivity index (χ3v) is 6.03. The normalized spacial score (nSPS) is 16.8. The maximum absolute atomic E-state index is 12.7. The first-order chi connectivity index (χ1) is 10.4. The van der Waals surface area contributed by atoms with Crippen LogP contribution in [0.25, 0.3) is 0 Å². The fraction of sp³-hybridized carbons (Fsp3) is 0.562. The number of hydrogen-bond acceptors (Lipinski definition) is 4. The van der Waals surface area contributed by atoms with E-state index < -0.39 is 10.0 Å². The molecule has 130 valence electrons. The summed E-state index contributed by atoms with van der Waals surface area (Å²) in [6, 6.07) is 6.31. The summed E-state index contributed by atoms with van der Waals surface area (Å²) in [7, 11) is -3.50. The molecule has 0 aliphatic carbocycles. The Hall–Kier alpha value is -0.950. The van der Waals surface area contributed by atoms with Crippen molar-refractivity contribution in [2.75, 3.05) is 26.2 Å². The first-order valence-electron chi connectivity index (χ1n) is 7.77. The van der Waals surface area contributed by atoms with Crippen LogP contribution in [-0.2, 0) is 10.0 Å². The average molecular weight is 361 g/mol. The molecule has 0 unspecified atom stereocenters. The molecule has 1 aromatic carbocycles. The molecule has 1 aliphatic heterocycles. The molecule has 0 amide bonds. The van der Waals surface area contributed by atoms with Gasteiger partial charge in [-0.2, -0.15) is 4.31 Å². The van der Waals surface area contributed by atoms with Crippen molar-refractivity contribution in [3.8, 4) is 0 Å². The van der Waals surface area contributed by atoms with E-state index in [-0.39, 0.29) is 23.1 Å². The van der Waals surface area contributed by atoms with E-state index in [0.717, 1.165) is 25.9 Å². The molecular weight excluding hydrogens is 336 g/mol. The summed E-state index contributed by atoms with van der Waals surface area (Å²) in [5.41, 5.74) is 0.433. The highest BCUT2D eigenvalue weighted by Gasteiger charge is 2.29. The molecule has 1 fully saturated rings. The molecule has 7 heteroatoms. The molecule has 1 heterocycles. The predicted octanol–water partition coefficient (Wildman–Crippen LogP) is 2.32. The molecule has 0 aromatic heterocycles. The molecule has 0 bridgehead atoms. The monoisotopic (exact) mass is 360 g/mol. The number of halogens is 1. The second-order valence-electron chi connectivity index (χ2n) is 5.74. The van der Waals surface area contributed by atoms with Crippen LogP contribution in [0.1, 0.15) is 37.0 Å². The molecule has 0 spiro atoms. The Morgan fingerprint density at radius 1 is 1.30 bits per heavy atom. The van der Waals surface area contributed by atoms with E-state index in [0.29, 0.717) is 24.6 Å². The van der Waals surface area contributed by atoms with Gasteiger partial charge in [-0.1, -0.05) is 19.1 Å². The Morgan fingerprint density at radius 2 is 1.96 bits per heavy atom. The van der Waals surface area contributed by atoms with E-state index in [4.69, 9.17) is 0 Å². The number of rotatable bonds is 6. The van der Waals surface area contributed by atoms with Gasteiger partial charge in [-0.15, -0.1) is 12.4 Å². The fourth-order valence-electron chi connectivity index (χ4n) is 2.73. The minimum Gasteiger partial charge on any atom is -0.317 e. The van der Waals surface area contributed by atoms with Gasteiger partial charge in [0.1, 0.15) is 0 Å². The van der Waals surface area contributed by atoms with Crippen molar-refractivity contribution in [3.05, 3.63) is 29.8 Å². The molecule has 2 rings (SSSR count). The summed E-state index contributed by atoms with van der Waals surface area (Å²) < 4.78 is 26.9. The van der Waals surface area contributed by atoms with Crippen LogP contribution in [0.3, 0.4) is 0 Å². The van der Waals surface area contributed by atoms with E-state index in [9.17, 15) is 13.2 Å². The van der Waals surface area contributed by atoms with Gasteiger partial charge in [0.05, 0.1) is 4.90 Å². The summed E-state index contributed by atoms with van der Waals surface area (Å²) >= 11 is 0. The van der Waals surface area contributed by atoms with Crippen LogP contribution in [0.2, 0.25) is 0 Å². The number of carbonyl (C=O) groups excluding carboxylic acids is 1. The fourth-order valence-corrected chi connectivity index (χ4v) is 4.24. The van der Waals surface area contributed by atoms with Gasteiger partial charge in [-0.05, 0) is 50.9 Å². The Bertz CT molecular complexity index is 626. The molecular formula is C16H25ClN2O3S. The molecule has 0 radical (unpaired) electrons. The number of carbonyl (C=O) groups is 1. The minimum atomic E-state index is -3.50. The minimum absolute atomic E-state index is 0. The Kier molecular flexibility index (Phi) is 7.67. The first-order valence-corrected chi connectivity index (χ1v) is 9.21. The van der Waals surface area contributed by atoms with Crippen molar-refractivity contribution in [2.45, 2.75) is 31.6 Å². The number of Topliss-reactive ketones (excluding diaryl/α,β-unsaturated/α-hetero) is 1. The molecule has 1 aliphatic rings. The summed E-state index contributed by atoms with van der Waals surface area (Å²) in [4.78, 5) is 11.6. The zero-order chi connectivity index (χ0) is 16.2. The van der Waals surface area contributed by atoms with Crippen molar-refractivity contribution in [3.63, 3.8) is 0 Å². The van der Waals surface area contributed by atoms with Crippen LogP contribution in [-0.4, -0.2) is 44.7 Å². The van der Waals surface area contributed by atoms with Gasteiger partial charge in [0.25, 0.3) is 0 Å². The van der Waals surface area contributed by atoms with Crippen molar-refractivity contribution in [1.29, 1.82) is 0 Å². The predicted molar refractivity (Wildman–Crippen MR) is 93.7 cm³/mol. The van der Waals surface area contributed by atoms with E-state index in [1.807, 2.05) is 0 Å². The molecule has 5 nitrogen and oxygen atoms in total. The van der Waals surface area contributed by atoms with Crippen molar-refractivity contribution >= 4 is 28.2 Å². The lowest BCUT2D eigenvalue weighted by molar-refractivity contribution is 0.101. The van der Waals surface area contributed by atoms with E-state index >= 15 is 0 Å². The largest absolute Gasteiger partial charge is 0.317 e. The highest BCUT2D eigenvalue weighted by atomic mass is 35.5. The number of nitrogens with one attached hydrogen (secondary N) is 1. The summed E-state index contributed by atoms with van der Waals surface area (Å²) in [5.74, 6) is 0.413. The number of sulfonamides is 1. The quantitative estimate of drug-likeness (QED) is 0.790. The summed E-state index contributed by atoms with van der Waals surface area (Å²) in [5, 5.41) is 3.32. The van der Waals surface area contributed by atoms with Crippen molar-refractivity contribution < 1.29 is 13.2 Å². The van der Waals surface area contributed by atoms with Crippen LogP contribution >= 0.6 is 12.4 Å². The molecule has 1 aromatic rings. The number of piperidine rings is 1. The Balaban J connectivity index is 0.00000264. The standard InChI is InChI=1S/C16H24N2O3S.ClH/c1-3-17-12-14-7-9-18(10-8-14)22(20,21)16-6-4-5-15(11-16)13(2)19;/h4-6,11,14,17H,3,7-10,12H2,1-2H3;1H. The van der Waals surface area contributed by atoms with Crippen LogP contribution in [0.5, 0.6) is 0 Å². The first kappa shape index (κ1) is 20.1. The zero-order valence-electron chi connectivity index (χ0n) is 13.6. The van der Waals surface area contributed by atoms with Crippen LogP contribution < -0.4 is 5.32 Å². The van der Waals surface area contributed by atoms with Crippen LogP contribution in [0.4, 0.5) is 0 Å². The van der Waals surface area contributed by atoms with Gasteiger partial charge in [-0.3, -0.25) is 4.79 Å². The number of benzene rings is 1. The van der Waals surface area contributed by atoms with Gasteiger partial charge in [0.2, 0.25) is 10.0 Å². The van der Waals surface area contributed by atoms with Gasteiger partial charge in [0.15, 0.2) is 5.78 Å². The van der Waals surface area contributed by atoms with Gasteiger partial charge in [0, 0.05) is 18.7 Å². The SMILES string of the molecule is CCNCC1CCN(S(=O)(=O)c2cccc(C(C)=O)c2)CC1.Cl. The molecule has 0 saturated carbocycles. The van der Waals surface area contributed by atoms with E-state index in [2.05, 4.69) is 12.2 Å². The van der Waals surface area contributed by atoms with Crippen LogP contribution in [0, 0.1) is 5.92 Å². The van der Waals surface area contributed by atoms with Gasteiger partial charge < -0.3 is 5.32 Å². The Morgan fingerprint density at radius 3 is 2.52 bits per heavy atom. The van der Waals surface area contributed by atoms with E-state index in [1.165, 1.54) is 17.3 Å². The molecule has 23 heavy (non-hydrogen) atoms. The molecule has 0 atom stereocenters. The lowest BCUT2D eigenvalue weighted by Gasteiger charge is -2.31. The smallest absolute Gasteiger partial charge is 0.243 e. The average Bonchev–Trinajstić information content (AvgIpc) is 2.53. The topological polar surface area (TPSA) is 66.5 Å². The Labute approximate surface area is 144 Å². The molecule has 1 N–H and O–H groups in total. The van der Waals surface area contributed by atoms with Crippen molar-refractivity contribution in [2.24, 2.45) is 5.92 Å². The van der Waals surface area contributed by atoms with Gasteiger partial charge in [-0.25, -0.2) is 8.42 Å². The summed E-state index contributed by atoms with van der Waals surface area (Å²) in [6.07, 6.45) is 1.75. The lowest BCUT2D eigenvalue weighted by Crippen LogP contribution is -2.40. The summed E-state index contributed by atoms with van der Waals surface area (Å²) in [6.45, 7) is 6.49. The van der Waals surface area contributed by atoms with Gasteiger partial charge >= 0.3 is 0 Å². The van der Waals surface area contributed by atoms with Crippen LogP contribution in [0.15, 0.2) is 29.2 Å². The second kappa shape index (κ2) is 8.78. The maximum atomic E-state index is 12.7. The number of ketones is 1. The maximum Gasteiger partial charge on any atom is 0.243 e. The van der Waals surface area contributed by atoms with E-state index in [1.54, 1.807) is 18.2 Å². The highest BCUT2D eigenvalue weighted by Crippen LogP contribution is 2.24. The zero-order valence-corrected chi connectivity index (χ0v) is 15.3. The molecule has 1 saturated heterocycles. The number of nitrogens with zero attached hydrogens (tertiary/aromatic N) is 1. The third kappa shape index (κ3) is 5.01. The third-order valence-electron chi connectivity index (χ3n) is 4.13. The number of hydrogen-bond donors (Lipinski definition) is 1. The van der Waals surface area contributed by atoms with Crippen molar-refractivity contribution in [1.82, 2.24) is 9.62 Å². The lowest BCUT2D eigenvalue weighted by atomic mass is 9.98.